The lowest BCUT2D eigenvalue weighted by atomic mass is 10.3. The molecule has 0 bridgehead atoms. The number of hydrogen-bond donors (Lipinski definition) is 1. The van der Waals surface area contributed by atoms with Crippen molar-refractivity contribution in [2.75, 3.05) is 6.54 Å². The van der Waals surface area contributed by atoms with E-state index in [1.165, 1.54) is 5.69 Å². The van der Waals surface area contributed by atoms with Crippen LogP contribution in [-0.4, -0.2) is 31.1 Å². The Morgan fingerprint density at radius 1 is 1.39 bits per heavy atom. The summed E-state index contributed by atoms with van der Waals surface area (Å²) >= 11 is 0. The van der Waals surface area contributed by atoms with Crippen LogP contribution in [0.1, 0.15) is 24.9 Å². The third kappa shape index (κ3) is 3.16. The second-order valence-corrected chi connectivity index (χ2v) is 4.33. The molecule has 0 radical (unpaired) electrons. The molecule has 2 rings (SSSR count). The molecule has 0 aromatic carbocycles. The van der Waals surface area contributed by atoms with Crippen LogP contribution in [0.4, 0.5) is 0 Å². The molecule has 0 saturated heterocycles. The Bertz CT molecular complexity index is 472. The summed E-state index contributed by atoms with van der Waals surface area (Å²) in [6.45, 7) is 4.88. The fourth-order valence-corrected chi connectivity index (χ4v) is 1.87. The fraction of sp³-hybridized carbons (Fsp3) is 0.583. The van der Waals surface area contributed by atoms with Crippen molar-refractivity contribution in [3.8, 4) is 0 Å². The van der Waals surface area contributed by atoms with Crippen molar-refractivity contribution in [1.29, 1.82) is 0 Å². The van der Waals surface area contributed by atoms with E-state index in [4.69, 9.17) is 0 Å². The van der Waals surface area contributed by atoms with Crippen molar-refractivity contribution in [2.24, 2.45) is 7.05 Å². The van der Waals surface area contributed by atoms with Crippen LogP contribution in [0.5, 0.6) is 0 Å². The summed E-state index contributed by atoms with van der Waals surface area (Å²) in [5.74, 6) is 1.00. The smallest absolute Gasteiger partial charge is 0.133 e. The summed E-state index contributed by atoms with van der Waals surface area (Å²) in [6, 6.07) is 2.06. The van der Waals surface area contributed by atoms with Crippen LogP contribution in [-0.2, 0) is 26.6 Å². The first kappa shape index (κ1) is 12.8. The van der Waals surface area contributed by atoms with Gasteiger partial charge in [-0.25, -0.2) is 0 Å². The Morgan fingerprint density at radius 2 is 2.28 bits per heavy atom. The first-order valence-corrected chi connectivity index (χ1v) is 6.35. The average molecular weight is 248 g/mol. The van der Waals surface area contributed by atoms with E-state index in [9.17, 15) is 0 Å². The molecule has 0 spiro atoms. The molecule has 0 aliphatic rings. The van der Waals surface area contributed by atoms with E-state index >= 15 is 0 Å². The Morgan fingerprint density at radius 3 is 3.00 bits per heavy atom. The lowest BCUT2D eigenvalue weighted by molar-refractivity contribution is 0.547. The number of aryl methyl sites for hydroxylation is 2. The highest BCUT2D eigenvalue weighted by Crippen LogP contribution is 2.00. The molecule has 6 nitrogen and oxygen atoms in total. The van der Waals surface area contributed by atoms with Crippen molar-refractivity contribution in [1.82, 2.24) is 29.9 Å². The van der Waals surface area contributed by atoms with Gasteiger partial charge in [0.1, 0.15) is 12.2 Å². The zero-order valence-electron chi connectivity index (χ0n) is 11.0. The van der Waals surface area contributed by atoms with Crippen molar-refractivity contribution >= 4 is 0 Å². The molecule has 2 aromatic rings. The minimum Gasteiger partial charge on any atom is -0.321 e. The molecule has 98 valence electrons. The van der Waals surface area contributed by atoms with Gasteiger partial charge in [-0.15, -0.1) is 10.2 Å². The van der Waals surface area contributed by atoms with E-state index in [1.54, 1.807) is 6.33 Å². The van der Waals surface area contributed by atoms with Gasteiger partial charge in [0.05, 0.1) is 5.69 Å². The van der Waals surface area contributed by atoms with Crippen molar-refractivity contribution in [3.05, 3.63) is 30.1 Å². The van der Waals surface area contributed by atoms with E-state index in [0.29, 0.717) is 0 Å². The van der Waals surface area contributed by atoms with Crippen LogP contribution in [0.2, 0.25) is 0 Å². The molecular weight excluding hydrogens is 228 g/mol. The van der Waals surface area contributed by atoms with E-state index in [2.05, 4.69) is 38.3 Å². The van der Waals surface area contributed by atoms with E-state index in [1.807, 2.05) is 17.8 Å². The van der Waals surface area contributed by atoms with Crippen molar-refractivity contribution < 1.29 is 0 Å². The highest BCUT2D eigenvalue weighted by atomic mass is 15.3. The topological polar surface area (TPSA) is 60.6 Å². The van der Waals surface area contributed by atoms with Gasteiger partial charge in [-0.3, -0.25) is 4.68 Å². The van der Waals surface area contributed by atoms with E-state index < -0.39 is 0 Å². The summed E-state index contributed by atoms with van der Waals surface area (Å²) in [5, 5.41) is 15.6. The first-order valence-electron chi connectivity index (χ1n) is 6.35. The lowest BCUT2D eigenvalue weighted by Crippen LogP contribution is -2.20. The van der Waals surface area contributed by atoms with Crippen LogP contribution in [0.3, 0.4) is 0 Å². The molecule has 0 amide bonds. The number of aromatic nitrogens is 5. The highest BCUT2D eigenvalue weighted by Gasteiger charge is 2.02. The highest BCUT2D eigenvalue weighted by molar-refractivity contribution is 5.00. The van der Waals surface area contributed by atoms with E-state index in [-0.39, 0.29) is 0 Å². The Balaban J connectivity index is 1.75. The van der Waals surface area contributed by atoms with Crippen molar-refractivity contribution in [3.63, 3.8) is 0 Å². The fourth-order valence-electron chi connectivity index (χ4n) is 1.87. The summed E-state index contributed by atoms with van der Waals surface area (Å²) < 4.78 is 4.00. The molecule has 1 N–H and O–H groups in total. The zero-order chi connectivity index (χ0) is 12.8. The van der Waals surface area contributed by atoms with Gasteiger partial charge in [0, 0.05) is 39.3 Å². The van der Waals surface area contributed by atoms with Crippen LogP contribution < -0.4 is 5.32 Å². The average Bonchev–Trinajstić information content (AvgIpc) is 2.95. The molecule has 0 aliphatic carbocycles. The predicted octanol–water partition coefficient (Wildman–Crippen LogP) is 0.754. The summed E-state index contributed by atoms with van der Waals surface area (Å²) in [4.78, 5) is 0. The molecule has 0 fully saturated rings. The second-order valence-electron chi connectivity index (χ2n) is 4.33. The van der Waals surface area contributed by atoms with Crippen LogP contribution >= 0.6 is 0 Å². The van der Waals surface area contributed by atoms with Gasteiger partial charge in [-0.1, -0.05) is 6.92 Å². The maximum Gasteiger partial charge on any atom is 0.133 e. The molecule has 0 unspecified atom stereocenters. The molecule has 0 aliphatic heterocycles. The largest absolute Gasteiger partial charge is 0.321 e. The summed E-state index contributed by atoms with van der Waals surface area (Å²) in [7, 11) is 1.96. The first-order chi connectivity index (χ1) is 8.81. The number of nitrogens with zero attached hydrogens (tertiary/aromatic N) is 5. The van der Waals surface area contributed by atoms with Gasteiger partial charge in [0.2, 0.25) is 0 Å². The van der Waals surface area contributed by atoms with Gasteiger partial charge in [-0.2, -0.15) is 5.10 Å². The van der Waals surface area contributed by atoms with Gasteiger partial charge in [-0.05, 0) is 12.5 Å². The number of nitrogens with one attached hydrogen (secondary N) is 1. The number of hydrogen-bond acceptors (Lipinski definition) is 4. The maximum atomic E-state index is 4.30. The second kappa shape index (κ2) is 6.30. The zero-order valence-corrected chi connectivity index (χ0v) is 11.0. The minimum atomic E-state index is 0.845. The van der Waals surface area contributed by atoms with Gasteiger partial charge >= 0.3 is 0 Å². The van der Waals surface area contributed by atoms with Gasteiger partial charge < -0.3 is 9.88 Å². The molecule has 2 aromatic heterocycles. The van der Waals surface area contributed by atoms with Gasteiger partial charge in [0.15, 0.2) is 0 Å². The molecule has 6 heteroatoms. The standard InChI is InChI=1S/C12H20N6/c1-3-8-18-11(4-7-15-18)9-13-6-5-12-16-14-10-17(12)2/h4,7,10,13H,3,5-6,8-9H2,1-2H3. The summed E-state index contributed by atoms with van der Waals surface area (Å²) in [5.41, 5.74) is 1.23. The van der Waals surface area contributed by atoms with Crippen LogP contribution in [0, 0.1) is 0 Å². The third-order valence-electron chi connectivity index (χ3n) is 2.88. The van der Waals surface area contributed by atoms with Crippen LogP contribution in [0.15, 0.2) is 18.6 Å². The molecule has 18 heavy (non-hydrogen) atoms. The summed E-state index contributed by atoms with van der Waals surface area (Å²) in [6.07, 6.45) is 5.58. The molecular formula is C12H20N6. The SMILES string of the molecule is CCCn1nccc1CNCCc1nncn1C. The Kier molecular flexibility index (Phi) is 4.46. The number of rotatable bonds is 7. The van der Waals surface area contributed by atoms with Crippen LogP contribution in [0.25, 0.3) is 0 Å². The normalized spacial score (nSPS) is 11.0. The maximum absolute atomic E-state index is 4.30. The quantitative estimate of drug-likeness (QED) is 0.735. The lowest BCUT2D eigenvalue weighted by Gasteiger charge is -2.07. The van der Waals surface area contributed by atoms with E-state index in [0.717, 1.165) is 38.3 Å². The Hall–Kier alpha value is -1.69. The minimum absolute atomic E-state index is 0.845. The van der Waals surface area contributed by atoms with Crippen molar-refractivity contribution in [2.45, 2.75) is 32.9 Å². The predicted molar refractivity (Wildman–Crippen MR) is 68.9 cm³/mol. The van der Waals surface area contributed by atoms with Gasteiger partial charge in [0.25, 0.3) is 0 Å². The molecule has 0 saturated carbocycles. The Labute approximate surface area is 107 Å². The third-order valence-corrected chi connectivity index (χ3v) is 2.88. The molecule has 0 atom stereocenters. The monoisotopic (exact) mass is 248 g/mol. The molecule has 2 heterocycles.